The largest absolute Gasteiger partial charge is 0.360 e. The number of hydrogen-bond donors (Lipinski definition) is 8. The average molecular weight is 1010 g/mol. The van der Waals surface area contributed by atoms with Crippen molar-refractivity contribution in [3.8, 4) is 22.5 Å². The highest BCUT2D eigenvalue weighted by atomic mass is 35.5. The molecule has 0 saturated heterocycles. The number of rotatable bonds is 15. The third-order valence-electron chi connectivity index (χ3n) is 11.3. The number of allylic oxidation sites excluding steroid dienone is 1. The molecule has 4 heterocycles. The molecule has 16 nitrogen and oxygen atoms in total. The van der Waals surface area contributed by atoms with E-state index >= 15 is 0 Å². The van der Waals surface area contributed by atoms with E-state index in [0.29, 0.717) is 52.8 Å². The lowest BCUT2D eigenvalue weighted by atomic mass is 9.91. The summed E-state index contributed by atoms with van der Waals surface area (Å²) in [6, 6.07) is 16.6. The van der Waals surface area contributed by atoms with Crippen LogP contribution in [0.1, 0.15) is 64.2 Å². The average Bonchev–Trinajstić information content (AvgIpc) is 3.96. The number of nitrogens with two attached hydrogens (primary N) is 1. The predicted molar refractivity (Wildman–Crippen MR) is 274 cm³/mol. The smallest absolute Gasteiger partial charge is 0.244 e. The molecule has 4 atom stereocenters. The molecule has 2 fully saturated rings. The summed E-state index contributed by atoms with van der Waals surface area (Å²) in [5.74, 6) is 0.731. The third-order valence-corrected chi connectivity index (χ3v) is 12.0. The fourth-order valence-corrected chi connectivity index (χ4v) is 8.54. The number of amides is 3. The topological polar surface area (TPSA) is 238 Å². The van der Waals surface area contributed by atoms with Gasteiger partial charge in [-0.3, -0.25) is 19.2 Å². The van der Waals surface area contributed by atoms with Crippen molar-refractivity contribution in [2.45, 2.75) is 88.4 Å². The quantitative estimate of drug-likeness (QED) is 0.0358. The number of carbonyl (C=O) groups is 4. The number of benzene rings is 2. The molecule has 0 aliphatic heterocycles. The summed E-state index contributed by atoms with van der Waals surface area (Å²) in [7, 11) is 0. The van der Waals surface area contributed by atoms with Crippen LogP contribution in [0.2, 0.25) is 10.0 Å². The summed E-state index contributed by atoms with van der Waals surface area (Å²) in [6.07, 6.45) is 17.4. The van der Waals surface area contributed by atoms with Crippen LogP contribution in [0.25, 0.3) is 44.3 Å². The zero-order chi connectivity index (χ0) is 47.7. The number of anilines is 2. The maximum atomic E-state index is 12.2. The number of H-pyrrole nitrogens is 2. The van der Waals surface area contributed by atoms with Gasteiger partial charge in [-0.25, -0.2) is 19.9 Å². The molecule has 0 bridgehead atoms. The number of halogens is 4. The van der Waals surface area contributed by atoms with Gasteiger partial charge in [-0.1, -0.05) is 72.8 Å². The number of para-hydroxylation sites is 2. The van der Waals surface area contributed by atoms with Crippen LogP contribution in [0.15, 0.2) is 98.6 Å². The number of nitrogens with zero attached hydrogens (tertiary/aromatic N) is 4. The van der Waals surface area contributed by atoms with E-state index in [2.05, 4.69) is 59.7 Å². The molecular weight excluding hydrogens is 950 g/mol. The second kappa shape index (κ2) is 26.5. The Morgan fingerprint density at radius 2 is 1.13 bits per heavy atom. The second-order valence-corrected chi connectivity index (χ2v) is 17.3. The minimum atomic E-state index is -0.509. The van der Waals surface area contributed by atoms with Crippen molar-refractivity contribution in [1.82, 2.24) is 45.9 Å². The van der Waals surface area contributed by atoms with Gasteiger partial charge in [0.25, 0.3) is 0 Å². The van der Waals surface area contributed by atoms with Crippen molar-refractivity contribution in [2.24, 2.45) is 5.73 Å². The number of aromatic nitrogens is 6. The van der Waals surface area contributed by atoms with Crippen LogP contribution < -0.4 is 32.3 Å². The first-order chi connectivity index (χ1) is 32.4. The van der Waals surface area contributed by atoms with Gasteiger partial charge >= 0.3 is 0 Å². The summed E-state index contributed by atoms with van der Waals surface area (Å²) in [5, 5.41) is 18.2. The van der Waals surface area contributed by atoms with Gasteiger partial charge in [0, 0.05) is 95.4 Å². The molecule has 6 aromatic rings. The predicted octanol–water partition coefficient (Wildman–Crippen LogP) is 8.64. The molecule has 0 radical (unpaired) electrons. The number of aromatic amines is 2. The van der Waals surface area contributed by atoms with Gasteiger partial charge in [0.15, 0.2) is 0 Å². The van der Waals surface area contributed by atoms with E-state index in [-0.39, 0.29) is 60.7 Å². The van der Waals surface area contributed by atoms with E-state index in [1.807, 2.05) is 60.9 Å². The Labute approximate surface area is 415 Å². The molecule has 20 heteroatoms. The van der Waals surface area contributed by atoms with Crippen molar-refractivity contribution in [2.75, 3.05) is 23.7 Å². The van der Waals surface area contributed by atoms with Gasteiger partial charge in [-0.2, -0.15) is 0 Å². The molecule has 0 spiro atoms. The Bertz CT molecular complexity index is 2680. The van der Waals surface area contributed by atoms with Gasteiger partial charge < -0.3 is 42.3 Å². The van der Waals surface area contributed by atoms with Gasteiger partial charge in [-0.15, -0.1) is 12.4 Å². The van der Waals surface area contributed by atoms with E-state index in [1.54, 1.807) is 12.4 Å². The van der Waals surface area contributed by atoms with Gasteiger partial charge in [0.1, 0.15) is 0 Å². The molecule has 4 aromatic heterocycles. The maximum Gasteiger partial charge on any atom is 0.244 e. The van der Waals surface area contributed by atoms with Crippen molar-refractivity contribution in [3.63, 3.8) is 0 Å². The standard InChI is InChI=1S/C24H27ClN6O2.C21H25ClN6O.C3H3ClO.ClH/c1-2-21(32)26-11-10-22(33)29-15-6-5-7-16(12-15)30-24-28-14-19(25)23(31-24)18-13-27-20-9-4-3-8-17(18)20;22-17-12-25-21(27-14-5-3-4-13(10-14)26-19(29)8-9-23)28-20(17)16-11-24-18-7-2-1-6-15(16)18;1-2-3(4)5;/h2-4,8-9,13-16,27H,1,5-7,10-12H2,(H,26,32)(H,29,33)(H,28,30,31);1-2,6-7,11-14,24H,3-5,8-10,23H2,(H,26,29)(H,25,27,28);2H,1H2;1H/t15-,16+;13-,14+;;/m00../s1. The minimum Gasteiger partial charge on any atom is -0.360 e. The van der Waals surface area contributed by atoms with E-state index in [0.717, 1.165) is 90.4 Å². The highest BCUT2D eigenvalue weighted by Gasteiger charge is 2.26. The lowest BCUT2D eigenvalue weighted by Crippen LogP contribution is -2.42. The zero-order valence-corrected chi connectivity index (χ0v) is 40.4. The second-order valence-electron chi connectivity index (χ2n) is 16.1. The molecule has 0 unspecified atom stereocenters. The monoisotopic (exact) mass is 1000 g/mol. The molecule has 2 aliphatic carbocycles. The SMILES string of the molecule is C=CC(=O)Cl.C=CC(=O)NCCC(=O)N[C@H]1CCC[C@@H](Nc2ncc(Cl)c(-c3c[nH]c4ccccc34)n2)C1.Cl.NCCC(=O)N[C@H]1CCC[C@@H](Nc2ncc(Cl)c(-c3c[nH]c4ccccc34)n2)C1. The number of carbonyl (C=O) groups excluding carboxylic acids is 4. The fraction of sp³-hybridized carbons (Fsp3) is 0.333. The molecule has 2 aromatic carbocycles. The Hall–Kier alpha value is -6.04. The maximum absolute atomic E-state index is 12.2. The van der Waals surface area contributed by atoms with Crippen LogP contribution in [0, 0.1) is 0 Å². The van der Waals surface area contributed by atoms with Crippen molar-refractivity contribution in [3.05, 3.63) is 109 Å². The van der Waals surface area contributed by atoms with Gasteiger partial charge in [0.05, 0.1) is 33.8 Å². The van der Waals surface area contributed by atoms with Crippen LogP contribution in [0.5, 0.6) is 0 Å². The van der Waals surface area contributed by atoms with Crippen LogP contribution in [0.3, 0.4) is 0 Å². The van der Waals surface area contributed by atoms with Gasteiger partial charge in [0.2, 0.25) is 34.9 Å². The molecule has 8 rings (SSSR count). The Balaban J connectivity index is 0.000000230. The molecule has 9 N–H and O–H groups in total. The Morgan fingerprint density at radius 1 is 0.691 bits per heavy atom. The van der Waals surface area contributed by atoms with Crippen LogP contribution in [-0.4, -0.2) is 90.1 Å². The van der Waals surface area contributed by atoms with Crippen LogP contribution in [0.4, 0.5) is 11.9 Å². The van der Waals surface area contributed by atoms with Crippen molar-refractivity contribution in [1.29, 1.82) is 0 Å². The van der Waals surface area contributed by atoms with E-state index in [9.17, 15) is 19.2 Å². The molecule has 3 amide bonds. The highest BCUT2D eigenvalue weighted by molar-refractivity contribution is 6.66. The number of fused-ring (bicyclic) bond motifs is 2. The molecule has 68 heavy (non-hydrogen) atoms. The minimum absolute atomic E-state index is 0. The first kappa shape index (κ1) is 52.9. The molecule has 2 saturated carbocycles. The number of hydrogen-bond acceptors (Lipinski definition) is 11. The van der Waals surface area contributed by atoms with Gasteiger partial charge in [-0.05, 0) is 87.3 Å². The molecule has 2 aliphatic rings. The summed E-state index contributed by atoms with van der Waals surface area (Å²) in [4.78, 5) is 69.4. The zero-order valence-electron chi connectivity index (χ0n) is 37.3. The Kier molecular flexibility index (Phi) is 20.6. The third kappa shape index (κ3) is 15.2. The summed E-state index contributed by atoms with van der Waals surface area (Å²) in [6.45, 7) is 7.14. The normalized spacial score (nSPS) is 17.4. The first-order valence-corrected chi connectivity index (χ1v) is 23.3. The summed E-state index contributed by atoms with van der Waals surface area (Å²) >= 11 is 17.6. The van der Waals surface area contributed by atoms with E-state index < -0.39 is 5.24 Å². The molecular formula is C48H56Cl4N12O4. The van der Waals surface area contributed by atoms with E-state index in [4.69, 9.17) is 50.5 Å². The first-order valence-electron chi connectivity index (χ1n) is 22.2. The summed E-state index contributed by atoms with van der Waals surface area (Å²) in [5.41, 5.74) is 10.8. The van der Waals surface area contributed by atoms with Crippen LogP contribution in [-0.2, 0) is 19.2 Å². The fourth-order valence-electron chi connectivity index (χ4n) is 8.16. The van der Waals surface area contributed by atoms with Crippen LogP contribution >= 0.6 is 47.2 Å². The summed E-state index contributed by atoms with van der Waals surface area (Å²) < 4.78 is 0. The van der Waals surface area contributed by atoms with E-state index in [1.165, 1.54) is 6.08 Å². The molecule has 360 valence electrons. The Morgan fingerprint density at radius 3 is 1.57 bits per heavy atom. The highest BCUT2D eigenvalue weighted by Crippen LogP contribution is 2.34. The number of nitrogens with one attached hydrogen (secondary N) is 7. The lowest BCUT2D eigenvalue weighted by molar-refractivity contribution is -0.123. The lowest BCUT2D eigenvalue weighted by Gasteiger charge is -2.30. The van der Waals surface area contributed by atoms with Crippen molar-refractivity contribution < 1.29 is 19.2 Å². The van der Waals surface area contributed by atoms with Crippen molar-refractivity contribution >= 4 is 104 Å².